The Hall–Kier alpha value is -2.53. The standard InChI is InChI=1S/C23H29NO4/c1-23(2,3)28-22(26)24-19(15-25)11-14-21(24)18-9-12-20(13-10-18)27-16-17-7-5-4-6-8-17/h4-10,12-13,19,21,25H,11,14-16H2,1-3H3/t19-,21+/m1/s1. The van der Waals surface area contributed by atoms with Crippen LogP contribution in [0.2, 0.25) is 0 Å². The van der Waals surface area contributed by atoms with Crippen LogP contribution in [-0.2, 0) is 11.3 Å². The number of nitrogens with zero attached hydrogens (tertiary/aromatic N) is 1. The summed E-state index contributed by atoms with van der Waals surface area (Å²) >= 11 is 0. The van der Waals surface area contributed by atoms with Gasteiger partial charge >= 0.3 is 6.09 Å². The van der Waals surface area contributed by atoms with Gasteiger partial charge in [0.15, 0.2) is 0 Å². The molecule has 28 heavy (non-hydrogen) atoms. The molecule has 1 heterocycles. The Morgan fingerprint density at radius 1 is 1.07 bits per heavy atom. The van der Waals surface area contributed by atoms with Crippen LogP contribution in [0.4, 0.5) is 4.79 Å². The zero-order chi connectivity index (χ0) is 20.1. The van der Waals surface area contributed by atoms with Crippen molar-refractivity contribution in [1.29, 1.82) is 0 Å². The normalized spacial score (nSPS) is 19.5. The first kappa shape index (κ1) is 20.2. The van der Waals surface area contributed by atoms with Gasteiger partial charge in [0.25, 0.3) is 0 Å². The van der Waals surface area contributed by atoms with E-state index in [4.69, 9.17) is 9.47 Å². The molecule has 1 aliphatic rings. The fourth-order valence-corrected chi connectivity index (χ4v) is 3.51. The Bertz CT molecular complexity index is 767. The monoisotopic (exact) mass is 383 g/mol. The summed E-state index contributed by atoms with van der Waals surface area (Å²) in [6, 6.07) is 17.5. The lowest BCUT2D eigenvalue weighted by Crippen LogP contribution is -2.42. The van der Waals surface area contributed by atoms with E-state index in [1.54, 1.807) is 4.90 Å². The van der Waals surface area contributed by atoms with Crippen molar-refractivity contribution < 1.29 is 19.4 Å². The highest BCUT2D eigenvalue weighted by molar-refractivity contribution is 5.70. The molecule has 0 spiro atoms. The van der Waals surface area contributed by atoms with E-state index in [2.05, 4.69) is 0 Å². The van der Waals surface area contributed by atoms with Gasteiger partial charge in [0, 0.05) is 0 Å². The number of ether oxygens (including phenoxy) is 2. The molecule has 5 heteroatoms. The number of amides is 1. The Balaban J connectivity index is 1.69. The summed E-state index contributed by atoms with van der Waals surface area (Å²) in [5, 5.41) is 9.70. The van der Waals surface area contributed by atoms with Gasteiger partial charge in [0.1, 0.15) is 18.0 Å². The van der Waals surface area contributed by atoms with Gasteiger partial charge < -0.3 is 14.6 Å². The number of benzene rings is 2. The second kappa shape index (κ2) is 8.65. The average molecular weight is 383 g/mol. The highest BCUT2D eigenvalue weighted by Gasteiger charge is 2.39. The second-order valence-corrected chi connectivity index (χ2v) is 8.16. The third-order valence-electron chi connectivity index (χ3n) is 4.83. The maximum atomic E-state index is 12.7. The average Bonchev–Trinajstić information content (AvgIpc) is 3.10. The van der Waals surface area contributed by atoms with Gasteiger partial charge in [-0.2, -0.15) is 0 Å². The van der Waals surface area contributed by atoms with Gasteiger partial charge in [-0.15, -0.1) is 0 Å². The topological polar surface area (TPSA) is 59.0 Å². The first-order valence-electron chi connectivity index (χ1n) is 9.76. The number of rotatable bonds is 5. The lowest BCUT2D eigenvalue weighted by atomic mass is 10.0. The van der Waals surface area contributed by atoms with Crippen molar-refractivity contribution in [3.8, 4) is 5.75 Å². The molecule has 0 unspecified atom stereocenters. The number of likely N-dealkylation sites (tertiary alicyclic amines) is 1. The van der Waals surface area contributed by atoms with Gasteiger partial charge in [-0.1, -0.05) is 42.5 Å². The molecule has 5 nitrogen and oxygen atoms in total. The molecular weight excluding hydrogens is 354 g/mol. The van der Waals surface area contributed by atoms with Crippen molar-refractivity contribution in [2.75, 3.05) is 6.61 Å². The van der Waals surface area contributed by atoms with E-state index in [1.165, 1.54) is 0 Å². The molecule has 0 radical (unpaired) electrons. The molecule has 0 bridgehead atoms. The summed E-state index contributed by atoms with van der Waals surface area (Å²) in [5.41, 5.74) is 1.57. The van der Waals surface area contributed by atoms with E-state index in [-0.39, 0.29) is 24.8 Å². The molecule has 1 amide bonds. The van der Waals surface area contributed by atoms with E-state index in [9.17, 15) is 9.90 Å². The molecule has 1 N–H and O–H groups in total. The third kappa shape index (κ3) is 5.04. The van der Waals surface area contributed by atoms with Gasteiger partial charge in [-0.25, -0.2) is 4.79 Å². The minimum Gasteiger partial charge on any atom is -0.489 e. The maximum absolute atomic E-state index is 12.7. The van der Waals surface area contributed by atoms with Gasteiger partial charge in [0.2, 0.25) is 0 Å². The summed E-state index contributed by atoms with van der Waals surface area (Å²) in [4.78, 5) is 14.4. The van der Waals surface area contributed by atoms with Crippen LogP contribution in [0, 0.1) is 0 Å². The third-order valence-corrected chi connectivity index (χ3v) is 4.83. The summed E-state index contributed by atoms with van der Waals surface area (Å²) in [6.07, 6.45) is 1.18. The molecule has 0 saturated carbocycles. The molecule has 2 atom stereocenters. The van der Waals surface area contributed by atoms with Crippen LogP contribution >= 0.6 is 0 Å². The quantitative estimate of drug-likeness (QED) is 0.813. The molecule has 0 aliphatic carbocycles. The second-order valence-electron chi connectivity index (χ2n) is 8.16. The number of hydrogen-bond acceptors (Lipinski definition) is 4. The van der Waals surface area contributed by atoms with Crippen molar-refractivity contribution in [3.63, 3.8) is 0 Å². The van der Waals surface area contributed by atoms with Gasteiger partial charge in [-0.3, -0.25) is 4.90 Å². The molecule has 1 saturated heterocycles. The van der Waals surface area contributed by atoms with Crippen LogP contribution < -0.4 is 4.74 Å². The zero-order valence-corrected chi connectivity index (χ0v) is 16.8. The largest absolute Gasteiger partial charge is 0.489 e. The number of carbonyl (C=O) groups excluding carboxylic acids is 1. The van der Waals surface area contributed by atoms with Crippen LogP contribution in [0.5, 0.6) is 5.75 Å². The molecule has 1 aliphatic heterocycles. The van der Waals surface area contributed by atoms with Crippen LogP contribution in [0.15, 0.2) is 54.6 Å². The first-order chi connectivity index (χ1) is 13.4. The Kier molecular flexibility index (Phi) is 6.25. The van der Waals surface area contributed by atoms with Crippen molar-refractivity contribution in [2.45, 2.75) is 57.9 Å². The predicted molar refractivity (Wildman–Crippen MR) is 108 cm³/mol. The molecule has 2 aromatic rings. The molecule has 150 valence electrons. The molecule has 3 rings (SSSR count). The fourth-order valence-electron chi connectivity index (χ4n) is 3.51. The Labute approximate surface area is 166 Å². The van der Waals surface area contributed by atoms with Crippen LogP contribution in [0.3, 0.4) is 0 Å². The van der Waals surface area contributed by atoms with E-state index in [0.717, 1.165) is 29.7 Å². The van der Waals surface area contributed by atoms with Crippen LogP contribution in [0.1, 0.15) is 50.8 Å². The van der Waals surface area contributed by atoms with E-state index in [0.29, 0.717) is 6.61 Å². The van der Waals surface area contributed by atoms with Gasteiger partial charge in [-0.05, 0) is 56.9 Å². The summed E-state index contributed by atoms with van der Waals surface area (Å²) < 4.78 is 11.4. The smallest absolute Gasteiger partial charge is 0.411 e. The zero-order valence-electron chi connectivity index (χ0n) is 16.8. The summed E-state index contributed by atoms with van der Waals surface area (Å²) in [5.74, 6) is 0.785. The minimum absolute atomic E-state index is 0.0615. The number of carbonyl (C=O) groups is 1. The minimum atomic E-state index is -0.570. The highest BCUT2D eigenvalue weighted by atomic mass is 16.6. The summed E-state index contributed by atoms with van der Waals surface area (Å²) in [6.45, 7) is 6.00. The van der Waals surface area contributed by atoms with E-state index < -0.39 is 5.60 Å². The fraction of sp³-hybridized carbons (Fsp3) is 0.435. The SMILES string of the molecule is CC(C)(C)OC(=O)N1[C@@H](CO)CC[C@H]1c1ccc(OCc2ccccc2)cc1. The van der Waals surface area contributed by atoms with Crippen LogP contribution in [-0.4, -0.2) is 34.3 Å². The number of hydrogen-bond donors (Lipinski definition) is 1. The summed E-state index contributed by atoms with van der Waals surface area (Å²) in [7, 11) is 0. The Morgan fingerprint density at radius 2 is 1.75 bits per heavy atom. The van der Waals surface area contributed by atoms with Gasteiger partial charge in [0.05, 0.1) is 18.7 Å². The van der Waals surface area contributed by atoms with E-state index >= 15 is 0 Å². The van der Waals surface area contributed by atoms with Crippen molar-refractivity contribution in [3.05, 3.63) is 65.7 Å². The molecule has 2 aromatic carbocycles. The number of aliphatic hydroxyl groups excluding tert-OH is 1. The highest BCUT2D eigenvalue weighted by Crippen LogP contribution is 2.37. The Morgan fingerprint density at radius 3 is 2.36 bits per heavy atom. The van der Waals surface area contributed by atoms with E-state index in [1.807, 2.05) is 75.4 Å². The number of aliphatic hydroxyl groups is 1. The maximum Gasteiger partial charge on any atom is 0.411 e. The van der Waals surface area contributed by atoms with Crippen molar-refractivity contribution in [2.24, 2.45) is 0 Å². The predicted octanol–water partition coefficient (Wildman–Crippen LogP) is 4.70. The lowest BCUT2D eigenvalue weighted by molar-refractivity contribution is 0.00868. The molecule has 0 aromatic heterocycles. The lowest BCUT2D eigenvalue weighted by Gasteiger charge is -2.32. The first-order valence-corrected chi connectivity index (χ1v) is 9.76. The van der Waals surface area contributed by atoms with Crippen molar-refractivity contribution in [1.82, 2.24) is 4.90 Å². The van der Waals surface area contributed by atoms with Crippen molar-refractivity contribution >= 4 is 6.09 Å². The molecule has 1 fully saturated rings. The van der Waals surface area contributed by atoms with Crippen LogP contribution in [0.25, 0.3) is 0 Å². The molecular formula is C23H29NO4.